The van der Waals surface area contributed by atoms with Gasteiger partial charge in [-0.15, -0.1) is 11.6 Å². The average molecular weight is 299 g/mol. The van der Waals surface area contributed by atoms with Gasteiger partial charge in [-0.1, -0.05) is 11.6 Å². The van der Waals surface area contributed by atoms with Gasteiger partial charge in [-0.3, -0.25) is 0 Å². The van der Waals surface area contributed by atoms with E-state index in [4.69, 9.17) is 27.9 Å². The number of ether oxygens (including phenoxy) is 1. The van der Waals surface area contributed by atoms with Crippen molar-refractivity contribution in [3.8, 4) is 11.6 Å². The van der Waals surface area contributed by atoms with Crippen molar-refractivity contribution < 1.29 is 4.74 Å². The molecule has 0 spiro atoms. The molecule has 1 heterocycles. The van der Waals surface area contributed by atoms with Crippen LogP contribution in [-0.2, 0) is 12.9 Å². The minimum absolute atomic E-state index is 0.376. The van der Waals surface area contributed by atoms with Crippen molar-refractivity contribution in [1.29, 1.82) is 0 Å². The Morgan fingerprint density at radius 2 is 1.79 bits per heavy atom. The molecule has 0 unspecified atom stereocenters. The zero-order chi connectivity index (χ0) is 14.2. The smallest absolute Gasteiger partial charge is 0.222 e. The largest absolute Gasteiger partial charge is 0.438 e. The molecule has 0 aliphatic carbocycles. The Balaban J connectivity index is 2.47. The van der Waals surface area contributed by atoms with Crippen molar-refractivity contribution in [2.75, 3.05) is 0 Å². The molecule has 3 nitrogen and oxygen atoms in total. The Morgan fingerprint density at radius 3 is 2.32 bits per heavy atom. The van der Waals surface area contributed by atoms with Gasteiger partial charge in [0.1, 0.15) is 5.75 Å². The second kappa shape index (κ2) is 5.43. The molecule has 0 aliphatic rings. The second-order valence-corrected chi connectivity index (χ2v) is 5.30. The Kier molecular flexibility index (Phi) is 4.07. The van der Waals surface area contributed by atoms with Crippen molar-refractivity contribution in [3.63, 3.8) is 0 Å². The number of aromatic nitrogens is 2. The molecular weight excluding hydrogens is 283 g/mol. The zero-order valence-corrected chi connectivity index (χ0v) is 12.9. The third kappa shape index (κ3) is 2.72. The summed E-state index contributed by atoms with van der Waals surface area (Å²) < 4.78 is 7.73. The van der Waals surface area contributed by atoms with Crippen molar-refractivity contribution in [1.82, 2.24) is 9.78 Å². The number of hydrogen-bond acceptors (Lipinski definition) is 2. The highest BCUT2D eigenvalue weighted by molar-refractivity contribution is 6.30. The Morgan fingerprint density at radius 1 is 1.21 bits per heavy atom. The normalized spacial score (nSPS) is 10.8. The van der Waals surface area contributed by atoms with Gasteiger partial charge < -0.3 is 4.74 Å². The first-order valence-electron chi connectivity index (χ1n) is 5.97. The molecule has 0 atom stereocenters. The molecule has 0 aliphatic heterocycles. The molecule has 1 aromatic carbocycles. The first kappa shape index (κ1) is 14.2. The lowest BCUT2D eigenvalue weighted by Crippen LogP contribution is -1.99. The van der Waals surface area contributed by atoms with Crippen LogP contribution in [0.25, 0.3) is 0 Å². The van der Waals surface area contributed by atoms with E-state index in [-0.39, 0.29) is 0 Å². The van der Waals surface area contributed by atoms with Crippen LogP contribution in [0.15, 0.2) is 12.1 Å². The summed E-state index contributed by atoms with van der Waals surface area (Å²) in [7, 11) is 1.85. The second-order valence-electron chi connectivity index (χ2n) is 4.60. The lowest BCUT2D eigenvalue weighted by atomic mass is 10.1. The molecule has 0 amide bonds. The highest BCUT2D eigenvalue weighted by Crippen LogP contribution is 2.34. The maximum Gasteiger partial charge on any atom is 0.222 e. The van der Waals surface area contributed by atoms with Gasteiger partial charge in [0, 0.05) is 12.1 Å². The third-order valence-corrected chi connectivity index (χ3v) is 3.53. The van der Waals surface area contributed by atoms with Crippen molar-refractivity contribution in [3.05, 3.63) is 39.5 Å². The highest BCUT2D eigenvalue weighted by Gasteiger charge is 2.16. The summed E-state index contributed by atoms with van der Waals surface area (Å²) in [4.78, 5) is 0. The van der Waals surface area contributed by atoms with Gasteiger partial charge in [-0.05, 0) is 44.0 Å². The van der Waals surface area contributed by atoms with Crippen LogP contribution in [0.1, 0.15) is 22.4 Å². The van der Waals surface area contributed by atoms with Gasteiger partial charge in [0.25, 0.3) is 0 Å². The van der Waals surface area contributed by atoms with Crippen LogP contribution in [0, 0.1) is 20.8 Å². The fourth-order valence-electron chi connectivity index (χ4n) is 2.12. The molecule has 0 radical (unpaired) electrons. The molecular formula is C14H16Cl2N2O. The van der Waals surface area contributed by atoms with Gasteiger partial charge in [0.2, 0.25) is 5.88 Å². The maximum absolute atomic E-state index is 6.03. The molecule has 2 rings (SSSR count). The maximum atomic E-state index is 6.03. The van der Waals surface area contributed by atoms with Crippen LogP contribution in [0.4, 0.5) is 0 Å². The van der Waals surface area contributed by atoms with Crippen molar-refractivity contribution >= 4 is 23.2 Å². The summed E-state index contributed by atoms with van der Waals surface area (Å²) in [6.07, 6.45) is 0. The van der Waals surface area contributed by atoms with Crippen LogP contribution in [-0.4, -0.2) is 9.78 Å². The number of halogens is 2. The van der Waals surface area contributed by atoms with Crippen LogP contribution >= 0.6 is 23.2 Å². The Bertz CT molecular complexity index is 597. The van der Waals surface area contributed by atoms with E-state index in [2.05, 4.69) is 5.10 Å². The van der Waals surface area contributed by atoms with E-state index in [1.165, 1.54) is 0 Å². The average Bonchev–Trinajstić information content (AvgIpc) is 2.57. The summed E-state index contributed by atoms with van der Waals surface area (Å²) >= 11 is 12.0. The standard InChI is InChI=1S/C14H16Cl2N2O/c1-8-5-11(16)6-9(2)13(8)19-14-12(7-15)10(3)17-18(14)4/h5-6H,7H2,1-4H3. The van der Waals surface area contributed by atoms with E-state index in [0.717, 1.165) is 28.1 Å². The monoisotopic (exact) mass is 298 g/mol. The van der Waals surface area contributed by atoms with E-state index >= 15 is 0 Å². The van der Waals surface area contributed by atoms with E-state index in [9.17, 15) is 0 Å². The summed E-state index contributed by atoms with van der Waals surface area (Å²) in [5.41, 5.74) is 3.78. The first-order chi connectivity index (χ1) is 8.93. The van der Waals surface area contributed by atoms with Crippen LogP contribution in [0.5, 0.6) is 11.6 Å². The molecule has 1 aromatic heterocycles. The Hall–Kier alpha value is -1.19. The number of benzene rings is 1. The van der Waals surface area contributed by atoms with Gasteiger partial charge >= 0.3 is 0 Å². The number of hydrogen-bond donors (Lipinski definition) is 0. The van der Waals surface area contributed by atoms with Crippen molar-refractivity contribution in [2.24, 2.45) is 7.05 Å². The third-order valence-electron chi connectivity index (χ3n) is 3.05. The lowest BCUT2D eigenvalue weighted by Gasteiger charge is -2.13. The Labute approximate surface area is 123 Å². The molecule has 102 valence electrons. The van der Waals surface area contributed by atoms with Gasteiger partial charge in [-0.25, -0.2) is 4.68 Å². The van der Waals surface area contributed by atoms with Gasteiger partial charge in [0.15, 0.2) is 0 Å². The highest BCUT2D eigenvalue weighted by atomic mass is 35.5. The SMILES string of the molecule is Cc1cc(Cl)cc(C)c1Oc1c(CCl)c(C)nn1C. The van der Waals surface area contributed by atoms with E-state index in [1.54, 1.807) is 4.68 Å². The molecule has 19 heavy (non-hydrogen) atoms. The molecule has 0 fully saturated rings. The van der Waals surface area contributed by atoms with Crippen LogP contribution in [0.3, 0.4) is 0 Å². The predicted octanol–water partition coefficient (Wildman–Crippen LogP) is 4.53. The fraction of sp³-hybridized carbons (Fsp3) is 0.357. The summed E-state index contributed by atoms with van der Waals surface area (Å²) in [6, 6.07) is 3.76. The van der Waals surface area contributed by atoms with Gasteiger partial charge in [-0.2, -0.15) is 5.10 Å². The number of rotatable bonds is 3. The predicted molar refractivity (Wildman–Crippen MR) is 78.5 cm³/mol. The van der Waals surface area contributed by atoms with Crippen LogP contribution in [0.2, 0.25) is 5.02 Å². The van der Waals surface area contributed by atoms with E-state index in [1.807, 2.05) is 40.0 Å². The molecule has 0 bridgehead atoms. The number of nitrogens with zero attached hydrogens (tertiary/aromatic N) is 2. The fourth-order valence-corrected chi connectivity index (χ4v) is 2.75. The number of aryl methyl sites for hydroxylation is 4. The minimum atomic E-state index is 0.376. The summed E-state index contributed by atoms with van der Waals surface area (Å²) in [5, 5.41) is 5.05. The first-order valence-corrected chi connectivity index (χ1v) is 6.88. The van der Waals surface area contributed by atoms with Gasteiger partial charge in [0.05, 0.1) is 17.1 Å². The summed E-state index contributed by atoms with van der Waals surface area (Å²) in [6.45, 7) is 5.86. The van der Waals surface area contributed by atoms with E-state index in [0.29, 0.717) is 16.8 Å². The molecule has 0 saturated carbocycles. The lowest BCUT2D eigenvalue weighted by molar-refractivity contribution is 0.422. The quantitative estimate of drug-likeness (QED) is 0.779. The van der Waals surface area contributed by atoms with E-state index < -0.39 is 0 Å². The molecule has 0 N–H and O–H groups in total. The topological polar surface area (TPSA) is 27.1 Å². The molecule has 0 saturated heterocycles. The minimum Gasteiger partial charge on any atom is -0.438 e. The zero-order valence-electron chi connectivity index (χ0n) is 11.4. The van der Waals surface area contributed by atoms with Crippen LogP contribution < -0.4 is 4.74 Å². The summed E-state index contributed by atoms with van der Waals surface area (Å²) in [5.74, 6) is 1.86. The molecule has 5 heteroatoms. The van der Waals surface area contributed by atoms with Crippen molar-refractivity contribution in [2.45, 2.75) is 26.7 Å². The molecule has 2 aromatic rings. The number of alkyl halides is 1.